The zero-order valence-corrected chi connectivity index (χ0v) is 18.1. The normalized spacial score (nSPS) is 18.6. The van der Waals surface area contributed by atoms with Crippen molar-refractivity contribution in [2.45, 2.75) is 26.3 Å². The highest BCUT2D eigenvalue weighted by Crippen LogP contribution is 2.43. The number of nitrogens with zero attached hydrogens (tertiary/aromatic N) is 5. The van der Waals surface area contributed by atoms with Crippen molar-refractivity contribution in [3.63, 3.8) is 0 Å². The molecular weight excluding hydrogens is 392 g/mol. The fourth-order valence-corrected chi connectivity index (χ4v) is 4.54. The molecule has 5 rings (SSSR count). The second-order valence-electron chi connectivity index (χ2n) is 7.93. The van der Waals surface area contributed by atoms with E-state index in [2.05, 4.69) is 46.1 Å². The van der Waals surface area contributed by atoms with Gasteiger partial charge in [-0.05, 0) is 24.8 Å². The van der Waals surface area contributed by atoms with Crippen LogP contribution in [0.25, 0.3) is 16.7 Å². The summed E-state index contributed by atoms with van der Waals surface area (Å²) >= 11 is 0. The molecule has 0 unspecified atom stereocenters. The van der Waals surface area contributed by atoms with Gasteiger partial charge in [-0.3, -0.25) is 0 Å². The molecule has 1 N–H and O–H groups in total. The van der Waals surface area contributed by atoms with Crippen molar-refractivity contribution < 1.29 is 9.47 Å². The van der Waals surface area contributed by atoms with Crippen LogP contribution >= 0.6 is 0 Å². The van der Waals surface area contributed by atoms with Crippen molar-refractivity contribution in [3.8, 4) is 17.2 Å². The maximum Gasteiger partial charge on any atom is 0.163 e. The molecule has 3 heterocycles. The molecular formula is C23H25N6O2. The Bertz CT molecular complexity index is 1180. The topological polar surface area (TPSA) is 81.1 Å². The highest BCUT2D eigenvalue weighted by molar-refractivity contribution is 5.80. The van der Waals surface area contributed by atoms with E-state index < -0.39 is 0 Å². The predicted octanol–water partition coefficient (Wildman–Crippen LogP) is 3.86. The number of nitrogens with one attached hydrogen (secondary N) is 1. The van der Waals surface area contributed by atoms with Gasteiger partial charge in [-0.1, -0.05) is 19.1 Å². The van der Waals surface area contributed by atoms with Crippen LogP contribution in [0.1, 0.15) is 30.8 Å². The lowest BCUT2D eigenvalue weighted by Crippen LogP contribution is -2.27. The standard InChI is InChI=1S/C23H25N6O2/c1-14-6-5-7-18(29-24-9-10-25-29)21(14)28-11-8-15(2)22(28)23-26-16-12-19(30-3)20(31-4)13-17(16)27-23/h5-6,9-10,12-13,15,22H,8,11H2,1-4H3,(H,26,27)/t15-,22-/m0/s1. The molecule has 0 bridgehead atoms. The molecule has 2 aromatic heterocycles. The van der Waals surface area contributed by atoms with Crippen LogP contribution in [0.5, 0.6) is 11.5 Å². The molecule has 0 spiro atoms. The van der Waals surface area contributed by atoms with Gasteiger partial charge in [0.2, 0.25) is 0 Å². The van der Waals surface area contributed by atoms with Gasteiger partial charge in [0.25, 0.3) is 0 Å². The molecule has 1 radical (unpaired) electrons. The van der Waals surface area contributed by atoms with Crippen LogP contribution in [0.15, 0.2) is 36.7 Å². The number of H-pyrrole nitrogens is 1. The highest BCUT2D eigenvalue weighted by Gasteiger charge is 2.37. The van der Waals surface area contributed by atoms with Crippen LogP contribution in [0, 0.1) is 18.9 Å². The highest BCUT2D eigenvalue weighted by atomic mass is 16.5. The predicted molar refractivity (Wildman–Crippen MR) is 118 cm³/mol. The molecule has 2 aromatic carbocycles. The quantitative estimate of drug-likeness (QED) is 0.531. The molecule has 0 aliphatic carbocycles. The van der Waals surface area contributed by atoms with Crippen LogP contribution in [0.3, 0.4) is 0 Å². The number of benzene rings is 2. The Morgan fingerprint density at radius 2 is 1.87 bits per heavy atom. The monoisotopic (exact) mass is 417 g/mol. The summed E-state index contributed by atoms with van der Waals surface area (Å²) in [5.74, 6) is 2.70. The van der Waals surface area contributed by atoms with Crippen molar-refractivity contribution in [3.05, 3.63) is 54.1 Å². The molecule has 8 heteroatoms. The lowest BCUT2D eigenvalue weighted by molar-refractivity contribution is 0.356. The Kier molecular flexibility index (Phi) is 4.77. The number of aromatic nitrogens is 5. The fraction of sp³-hybridized carbons (Fsp3) is 0.348. The number of hydrogen-bond acceptors (Lipinski definition) is 6. The first-order chi connectivity index (χ1) is 15.1. The summed E-state index contributed by atoms with van der Waals surface area (Å²) in [7, 11) is 3.28. The third kappa shape index (κ3) is 3.19. The summed E-state index contributed by atoms with van der Waals surface area (Å²) in [6.45, 7) is 5.31. The molecule has 1 fully saturated rings. The van der Waals surface area contributed by atoms with Crippen LogP contribution in [0.4, 0.5) is 5.69 Å². The maximum absolute atomic E-state index is 5.46. The number of hydrogen-bond donors (Lipinski definition) is 1. The Balaban J connectivity index is 1.62. The number of fused-ring (bicyclic) bond motifs is 1. The smallest absolute Gasteiger partial charge is 0.163 e. The molecule has 2 atom stereocenters. The van der Waals surface area contributed by atoms with E-state index in [0.717, 1.165) is 46.8 Å². The van der Waals surface area contributed by atoms with E-state index in [1.165, 1.54) is 0 Å². The summed E-state index contributed by atoms with van der Waals surface area (Å²) in [6, 6.07) is 11.3. The number of anilines is 1. The van der Waals surface area contributed by atoms with E-state index in [-0.39, 0.29) is 6.04 Å². The Morgan fingerprint density at radius 1 is 1.13 bits per heavy atom. The second kappa shape index (κ2) is 7.61. The summed E-state index contributed by atoms with van der Waals surface area (Å²) in [6.07, 6.45) is 4.43. The number of aromatic amines is 1. The summed E-state index contributed by atoms with van der Waals surface area (Å²) < 4.78 is 10.9. The Hall–Kier alpha value is -3.55. The average molecular weight is 417 g/mol. The van der Waals surface area contributed by atoms with Gasteiger partial charge in [0.15, 0.2) is 11.5 Å². The van der Waals surface area contributed by atoms with Crippen LogP contribution < -0.4 is 14.4 Å². The van der Waals surface area contributed by atoms with E-state index in [0.29, 0.717) is 17.4 Å². The van der Waals surface area contributed by atoms with E-state index in [4.69, 9.17) is 14.5 Å². The van der Waals surface area contributed by atoms with E-state index >= 15 is 0 Å². The van der Waals surface area contributed by atoms with Gasteiger partial charge in [0, 0.05) is 24.7 Å². The SMILES string of the molecule is COc1cc2nc([C@@H]3[C@@H](C)CCN3c3c(-n4nccn4)[c]ccc3C)[nH]c2cc1OC. The summed E-state index contributed by atoms with van der Waals surface area (Å²) in [5, 5.41) is 8.69. The van der Waals surface area contributed by atoms with Crippen molar-refractivity contribution >= 4 is 16.7 Å². The largest absolute Gasteiger partial charge is 0.493 e. The zero-order valence-electron chi connectivity index (χ0n) is 18.1. The second-order valence-corrected chi connectivity index (χ2v) is 7.93. The lowest BCUT2D eigenvalue weighted by Gasteiger charge is -2.30. The number of ether oxygens (including phenoxy) is 2. The van der Waals surface area contributed by atoms with Crippen molar-refractivity contribution in [2.24, 2.45) is 5.92 Å². The molecule has 1 aliphatic rings. The molecule has 4 aromatic rings. The van der Waals surface area contributed by atoms with E-state index in [9.17, 15) is 0 Å². The van der Waals surface area contributed by atoms with Gasteiger partial charge >= 0.3 is 0 Å². The minimum Gasteiger partial charge on any atom is -0.493 e. The number of imidazole rings is 1. The average Bonchev–Trinajstić information content (AvgIpc) is 3.51. The van der Waals surface area contributed by atoms with Crippen molar-refractivity contribution in [1.29, 1.82) is 0 Å². The first-order valence-electron chi connectivity index (χ1n) is 10.4. The van der Waals surface area contributed by atoms with Gasteiger partial charge in [-0.2, -0.15) is 10.2 Å². The lowest BCUT2D eigenvalue weighted by atomic mass is 10.0. The van der Waals surface area contributed by atoms with Crippen molar-refractivity contribution in [1.82, 2.24) is 25.0 Å². The molecule has 1 aliphatic heterocycles. The van der Waals surface area contributed by atoms with Crippen LogP contribution in [-0.2, 0) is 0 Å². The Morgan fingerprint density at radius 3 is 2.61 bits per heavy atom. The fourth-order valence-electron chi connectivity index (χ4n) is 4.54. The Labute approximate surface area is 180 Å². The third-order valence-electron chi connectivity index (χ3n) is 6.04. The molecule has 31 heavy (non-hydrogen) atoms. The molecule has 159 valence electrons. The number of methoxy groups -OCH3 is 2. The minimum atomic E-state index is 0.0909. The first-order valence-corrected chi connectivity index (χ1v) is 10.4. The zero-order chi connectivity index (χ0) is 21.5. The summed E-state index contributed by atoms with van der Waals surface area (Å²) in [5.41, 5.74) is 4.88. The number of rotatable bonds is 5. The van der Waals surface area contributed by atoms with E-state index in [1.54, 1.807) is 31.4 Å². The molecule has 8 nitrogen and oxygen atoms in total. The minimum absolute atomic E-state index is 0.0909. The molecule has 0 saturated carbocycles. The van der Waals surface area contributed by atoms with Gasteiger partial charge in [-0.25, -0.2) is 4.98 Å². The third-order valence-corrected chi connectivity index (χ3v) is 6.04. The van der Waals surface area contributed by atoms with Crippen LogP contribution in [0.2, 0.25) is 0 Å². The van der Waals surface area contributed by atoms with Crippen molar-refractivity contribution in [2.75, 3.05) is 25.7 Å². The van der Waals surface area contributed by atoms with Gasteiger partial charge < -0.3 is 19.4 Å². The van der Waals surface area contributed by atoms with E-state index in [1.807, 2.05) is 18.2 Å². The first kappa shape index (κ1) is 19.4. The maximum atomic E-state index is 5.46. The van der Waals surface area contributed by atoms with Gasteiger partial charge in [0.1, 0.15) is 11.5 Å². The van der Waals surface area contributed by atoms with Crippen LogP contribution in [-0.4, -0.2) is 45.7 Å². The molecule has 1 saturated heterocycles. The molecule has 0 amide bonds. The number of aryl methyl sites for hydroxylation is 1. The van der Waals surface area contributed by atoms with Gasteiger partial charge in [-0.15, -0.1) is 4.80 Å². The summed E-state index contributed by atoms with van der Waals surface area (Å²) in [4.78, 5) is 12.5. The van der Waals surface area contributed by atoms with Gasteiger partial charge in [0.05, 0.1) is 49.4 Å².